The van der Waals surface area contributed by atoms with Crippen molar-refractivity contribution >= 4 is 34.9 Å². The molecule has 25 heavy (non-hydrogen) atoms. The molecule has 0 spiro atoms. The zero-order valence-corrected chi connectivity index (χ0v) is 15.1. The molecule has 0 saturated carbocycles. The van der Waals surface area contributed by atoms with Crippen molar-refractivity contribution in [2.75, 3.05) is 24.8 Å². The molecule has 2 aromatic rings. The van der Waals surface area contributed by atoms with Gasteiger partial charge in [-0.2, -0.15) is 0 Å². The van der Waals surface area contributed by atoms with E-state index in [4.69, 9.17) is 16.3 Å². The van der Waals surface area contributed by atoms with E-state index < -0.39 is 0 Å². The van der Waals surface area contributed by atoms with E-state index in [1.165, 1.54) is 18.9 Å². The Morgan fingerprint density at radius 3 is 2.52 bits per heavy atom. The third-order valence-corrected chi connectivity index (χ3v) is 3.84. The second kappa shape index (κ2) is 8.39. The number of carbonyl (C=O) groups excluding carboxylic acids is 2. The third kappa shape index (κ3) is 5.12. The number of ether oxygens (including phenoxy) is 1. The van der Waals surface area contributed by atoms with Crippen LogP contribution in [0.4, 0.5) is 16.2 Å². The minimum absolute atomic E-state index is 0.199. The summed E-state index contributed by atoms with van der Waals surface area (Å²) in [7, 11) is 3.18. The Morgan fingerprint density at radius 2 is 1.88 bits per heavy atom. The van der Waals surface area contributed by atoms with E-state index in [0.29, 0.717) is 28.7 Å². The normalized spacial score (nSPS) is 10.1. The number of halogens is 1. The molecule has 2 aromatic carbocycles. The van der Waals surface area contributed by atoms with E-state index in [1.54, 1.807) is 31.3 Å². The van der Waals surface area contributed by atoms with Crippen molar-refractivity contribution in [1.82, 2.24) is 4.90 Å². The maximum Gasteiger partial charge on any atom is 0.321 e. The zero-order chi connectivity index (χ0) is 18.4. The highest BCUT2D eigenvalue weighted by atomic mass is 35.5. The monoisotopic (exact) mass is 361 g/mol. The molecule has 0 radical (unpaired) electrons. The lowest BCUT2D eigenvalue weighted by atomic mass is 10.2. The smallest absolute Gasteiger partial charge is 0.321 e. The van der Waals surface area contributed by atoms with E-state index >= 15 is 0 Å². The predicted octanol–water partition coefficient (Wildman–Crippen LogP) is 3.97. The van der Waals surface area contributed by atoms with E-state index in [0.717, 1.165) is 5.56 Å². The molecule has 0 heterocycles. The fraction of sp³-hybridized carbons (Fsp3) is 0.222. The van der Waals surface area contributed by atoms with Gasteiger partial charge in [0.2, 0.25) is 5.91 Å². The van der Waals surface area contributed by atoms with Crippen LogP contribution < -0.4 is 15.4 Å². The Bertz CT molecular complexity index is 780. The first kappa shape index (κ1) is 18.6. The van der Waals surface area contributed by atoms with Crippen LogP contribution in [-0.4, -0.2) is 31.0 Å². The quantitative estimate of drug-likeness (QED) is 0.846. The Morgan fingerprint density at radius 1 is 1.16 bits per heavy atom. The number of benzene rings is 2. The van der Waals surface area contributed by atoms with Gasteiger partial charge in [-0.3, -0.25) is 4.79 Å². The van der Waals surface area contributed by atoms with Crippen molar-refractivity contribution in [2.45, 2.75) is 13.5 Å². The molecule has 0 aliphatic heterocycles. The van der Waals surface area contributed by atoms with Gasteiger partial charge in [0, 0.05) is 37.3 Å². The summed E-state index contributed by atoms with van der Waals surface area (Å²) in [6.07, 6.45) is 0. The number of hydrogen-bond donors (Lipinski definition) is 2. The Balaban J connectivity index is 2.06. The molecule has 2 rings (SSSR count). The molecular weight excluding hydrogens is 342 g/mol. The molecule has 0 saturated heterocycles. The first-order valence-corrected chi connectivity index (χ1v) is 7.99. The zero-order valence-electron chi connectivity index (χ0n) is 14.3. The fourth-order valence-electron chi connectivity index (χ4n) is 2.23. The standard InChI is InChI=1S/C18H20ClN3O3/c1-12(23)20-16-9-8-14(10-17(16)25-3)21-18(24)22(2)11-13-6-4-5-7-15(13)19/h4-10H,11H2,1-3H3,(H,20,23)(H,21,24). The van der Waals surface area contributed by atoms with Crippen molar-refractivity contribution in [3.8, 4) is 5.75 Å². The van der Waals surface area contributed by atoms with Gasteiger partial charge in [0.15, 0.2) is 0 Å². The summed E-state index contributed by atoms with van der Waals surface area (Å²) >= 11 is 6.12. The number of methoxy groups -OCH3 is 1. The molecule has 132 valence electrons. The van der Waals surface area contributed by atoms with Crippen LogP contribution in [0.25, 0.3) is 0 Å². The minimum atomic E-state index is -0.283. The molecule has 0 fully saturated rings. The topological polar surface area (TPSA) is 70.7 Å². The maximum atomic E-state index is 12.4. The van der Waals surface area contributed by atoms with Gasteiger partial charge < -0.3 is 20.3 Å². The van der Waals surface area contributed by atoms with Crippen LogP contribution in [0.3, 0.4) is 0 Å². The number of amides is 3. The molecule has 0 bridgehead atoms. The molecular formula is C18H20ClN3O3. The summed E-state index contributed by atoms with van der Waals surface area (Å²) in [6, 6.07) is 12.1. The first-order chi connectivity index (χ1) is 11.9. The van der Waals surface area contributed by atoms with Crippen LogP contribution >= 0.6 is 11.6 Å². The number of carbonyl (C=O) groups is 2. The van der Waals surface area contributed by atoms with Crippen LogP contribution in [0, 0.1) is 0 Å². The van der Waals surface area contributed by atoms with E-state index in [9.17, 15) is 9.59 Å². The van der Waals surface area contributed by atoms with Crippen LogP contribution in [0.15, 0.2) is 42.5 Å². The second-order valence-electron chi connectivity index (χ2n) is 5.47. The van der Waals surface area contributed by atoms with Gasteiger partial charge >= 0.3 is 6.03 Å². The van der Waals surface area contributed by atoms with Gasteiger partial charge in [-0.15, -0.1) is 0 Å². The van der Waals surface area contributed by atoms with E-state index in [2.05, 4.69) is 10.6 Å². The lowest BCUT2D eigenvalue weighted by Crippen LogP contribution is -2.30. The van der Waals surface area contributed by atoms with E-state index in [-0.39, 0.29) is 11.9 Å². The van der Waals surface area contributed by atoms with Crippen molar-refractivity contribution < 1.29 is 14.3 Å². The van der Waals surface area contributed by atoms with Crippen molar-refractivity contribution in [2.24, 2.45) is 0 Å². The van der Waals surface area contributed by atoms with Crippen molar-refractivity contribution in [3.05, 3.63) is 53.1 Å². The average molecular weight is 362 g/mol. The average Bonchev–Trinajstić information content (AvgIpc) is 2.57. The number of hydrogen-bond acceptors (Lipinski definition) is 3. The third-order valence-electron chi connectivity index (χ3n) is 3.48. The second-order valence-corrected chi connectivity index (χ2v) is 5.88. The fourth-order valence-corrected chi connectivity index (χ4v) is 2.43. The van der Waals surface area contributed by atoms with Gasteiger partial charge in [0.1, 0.15) is 5.75 Å². The molecule has 3 amide bonds. The molecule has 0 unspecified atom stereocenters. The summed E-state index contributed by atoms with van der Waals surface area (Å²) in [6.45, 7) is 1.80. The highest BCUT2D eigenvalue weighted by Gasteiger charge is 2.13. The Labute approximate surface area is 151 Å². The summed E-state index contributed by atoms with van der Waals surface area (Å²) in [5, 5.41) is 6.07. The number of nitrogens with one attached hydrogen (secondary N) is 2. The van der Waals surface area contributed by atoms with Crippen LogP contribution in [0.5, 0.6) is 5.75 Å². The number of anilines is 2. The summed E-state index contributed by atoms with van der Waals surface area (Å²) in [5.74, 6) is 0.260. The Kier molecular flexibility index (Phi) is 6.25. The molecule has 0 aliphatic carbocycles. The van der Waals surface area contributed by atoms with Crippen LogP contribution in [0.1, 0.15) is 12.5 Å². The molecule has 0 atom stereocenters. The van der Waals surface area contributed by atoms with Crippen LogP contribution in [0.2, 0.25) is 5.02 Å². The minimum Gasteiger partial charge on any atom is -0.494 e. The summed E-state index contributed by atoms with van der Waals surface area (Å²) in [5.41, 5.74) is 1.96. The van der Waals surface area contributed by atoms with Crippen molar-refractivity contribution in [3.63, 3.8) is 0 Å². The SMILES string of the molecule is COc1cc(NC(=O)N(C)Cc2ccccc2Cl)ccc1NC(C)=O. The van der Waals surface area contributed by atoms with Gasteiger partial charge in [-0.05, 0) is 23.8 Å². The van der Waals surface area contributed by atoms with Gasteiger partial charge in [0.25, 0.3) is 0 Å². The maximum absolute atomic E-state index is 12.4. The molecule has 7 heteroatoms. The summed E-state index contributed by atoms with van der Waals surface area (Å²) in [4.78, 5) is 25.1. The highest BCUT2D eigenvalue weighted by molar-refractivity contribution is 6.31. The first-order valence-electron chi connectivity index (χ1n) is 7.62. The molecule has 0 aliphatic rings. The molecule has 2 N–H and O–H groups in total. The lowest BCUT2D eigenvalue weighted by Gasteiger charge is -2.19. The van der Waals surface area contributed by atoms with Crippen LogP contribution in [-0.2, 0) is 11.3 Å². The predicted molar refractivity (Wildman–Crippen MR) is 99.2 cm³/mol. The largest absolute Gasteiger partial charge is 0.494 e. The lowest BCUT2D eigenvalue weighted by molar-refractivity contribution is -0.114. The van der Waals surface area contributed by atoms with Gasteiger partial charge in [0.05, 0.1) is 12.8 Å². The van der Waals surface area contributed by atoms with E-state index in [1.807, 2.05) is 18.2 Å². The highest BCUT2D eigenvalue weighted by Crippen LogP contribution is 2.28. The van der Waals surface area contributed by atoms with Gasteiger partial charge in [-0.1, -0.05) is 29.8 Å². The molecule has 6 nitrogen and oxygen atoms in total. The Hall–Kier alpha value is -2.73. The van der Waals surface area contributed by atoms with Gasteiger partial charge in [-0.25, -0.2) is 4.79 Å². The number of urea groups is 1. The van der Waals surface area contributed by atoms with Crippen molar-refractivity contribution in [1.29, 1.82) is 0 Å². The number of rotatable bonds is 5. The molecule has 0 aromatic heterocycles. The number of nitrogens with zero attached hydrogens (tertiary/aromatic N) is 1. The summed E-state index contributed by atoms with van der Waals surface area (Å²) < 4.78 is 5.24.